The Morgan fingerprint density at radius 1 is 0.875 bits per heavy atom. The minimum Gasteiger partial charge on any atom is -0.479 e. The lowest BCUT2D eigenvalue weighted by atomic mass is 9.82. The third-order valence-corrected chi connectivity index (χ3v) is 10.0. The molecule has 0 radical (unpaired) electrons. The van der Waals surface area contributed by atoms with Gasteiger partial charge in [0.25, 0.3) is 0 Å². The molecule has 2 aliphatic heterocycles. The largest absolute Gasteiger partial charge is 0.479 e. The van der Waals surface area contributed by atoms with Crippen LogP contribution in [0.5, 0.6) is 0 Å². The van der Waals surface area contributed by atoms with E-state index in [1.54, 1.807) is 0 Å². The van der Waals surface area contributed by atoms with Crippen LogP contribution in [0.25, 0.3) is 0 Å². The highest BCUT2D eigenvalue weighted by atomic mass is 19.4. The standard InChI is InChI=1S/C31H50F3NO13/c1-3-16-10-7-11-17(25(16)47-30-24(41)22(39)23(40)27(48-30)31(32,33)34)45-29-20(35-14(2)37)26(21(38)19(13-36)46-29)44-18(28(42)43)12-15-8-5-4-6-9-15/h15-27,29-30,36,38-41H,3-13H2,1-2H3,(H,35,37)(H,42,43)/t16-,17?,18?,19+,20+,21-,22-,23-,24-,25+,26+,27+,29+,30?/m0/s1. The number of ether oxygens (including phenoxy) is 5. The first kappa shape index (κ1) is 39.1. The number of nitrogens with one attached hydrogen (secondary N) is 1. The van der Waals surface area contributed by atoms with Crippen LogP contribution in [0.4, 0.5) is 13.2 Å². The SMILES string of the molecule is CC[C@H]1CCCC(O[C@@H]2O[C@H](CO)[C@H](O)[C@H](OC(CC3CCCCC3)C(=O)O)[C@H]2NC(C)=O)[C@@H]1OC1O[C@@H](C(F)(F)F)[C@@H](O)[C@H](O)[C@@H]1O. The lowest BCUT2D eigenvalue weighted by Crippen LogP contribution is -2.67. The summed E-state index contributed by atoms with van der Waals surface area (Å²) in [6, 6.07) is -1.29. The Hall–Kier alpha value is -1.67. The molecule has 2 saturated carbocycles. The number of aliphatic hydroxyl groups is 5. The number of aliphatic hydroxyl groups excluding tert-OH is 5. The molecule has 7 N–H and O–H groups in total. The summed E-state index contributed by atoms with van der Waals surface area (Å²) in [6.07, 6.45) is -19.2. The Balaban J connectivity index is 1.59. The van der Waals surface area contributed by atoms with Crippen molar-refractivity contribution in [2.24, 2.45) is 11.8 Å². The first-order chi connectivity index (χ1) is 22.7. The summed E-state index contributed by atoms with van der Waals surface area (Å²) in [5.41, 5.74) is 0. The first-order valence-corrected chi connectivity index (χ1v) is 16.8. The average molecular weight is 702 g/mol. The topological polar surface area (TPSA) is 214 Å². The second-order valence-electron chi connectivity index (χ2n) is 13.4. The number of rotatable bonds is 12. The molecule has 4 aliphatic rings. The molecule has 17 heteroatoms. The smallest absolute Gasteiger partial charge is 0.417 e. The molecular formula is C31H50F3NO13. The van der Waals surface area contributed by atoms with E-state index in [2.05, 4.69) is 5.32 Å². The maximum absolute atomic E-state index is 13.6. The number of hydrogen-bond acceptors (Lipinski definition) is 12. The van der Waals surface area contributed by atoms with Crippen LogP contribution in [0.15, 0.2) is 0 Å². The molecule has 278 valence electrons. The highest BCUT2D eigenvalue weighted by Gasteiger charge is 2.57. The Morgan fingerprint density at radius 2 is 1.56 bits per heavy atom. The van der Waals surface area contributed by atoms with E-state index in [9.17, 15) is 53.4 Å². The lowest BCUT2D eigenvalue weighted by molar-refractivity contribution is -0.372. The van der Waals surface area contributed by atoms with Gasteiger partial charge in [-0.1, -0.05) is 51.9 Å². The van der Waals surface area contributed by atoms with Gasteiger partial charge in [-0.2, -0.15) is 13.2 Å². The number of carboxylic acid groups (broad SMARTS) is 1. The number of hydrogen-bond donors (Lipinski definition) is 7. The number of carboxylic acids is 1. The third-order valence-electron chi connectivity index (χ3n) is 10.0. The molecule has 4 rings (SSSR count). The van der Waals surface area contributed by atoms with Gasteiger partial charge in [0, 0.05) is 6.92 Å². The fourth-order valence-electron chi connectivity index (χ4n) is 7.42. The summed E-state index contributed by atoms with van der Waals surface area (Å²) < 4.78 is 70.0. The molecule has 0 aromatic heterocycles. The van der Waals surface area contributed by atoms with Crippen molar-refractivity contribution in [1.29, 1.82) is 0 Å². The zero-order chi connectivity index (χ0) is 35.3. The van der Waals surface area contributed by atoms with Gasteiger partial charge in [0.1, 0.15) is 42.7 Å². The van der Waals surface area contributed by atoms with Crippen molar-refractivity contribution in [2.45, 2.75) is 164 Å². The van der Waals surface area contributed by atoms with Crippen molar-refractivity contribution in [3.8, 4) is 0 Å². The van der Waals surface area contributed by atoms with E-state index in [1.807, 2.05) is 6.92 Å². The van der Waals surface area contributed by atoms with Gasteiger partial charge in [-0.25, -0.2) is 4.79 Å². The Morgan fingerprint density at radius 3 is 2.15 bits per heavy atom. The fraction of sp³-hybridized carbons (Fsp3) is 0.935. The van der Waals surface area contributed by atoms with Gasteiger partial charge in [0.05, 0.1) is 18.8 Å². The van der Waals surface area contributed by atoms with Crippen molar-refractivity contribution >= 4 is 11.9 Å². The summed E-state index contributed by atoms with van der Waals surface area (Å²) in [5, 5.41) is 64.6. The maximum atomic E-state index is 13.6. The maximum Gasteiger partial charge on any atom is 0.417 e. The number of alkyl halides is 3. The molecule has 0 aromatic carbocycles. The molecule has 14 atom stereocenters. The molecule has 2 aliphatic carbocycles. The van der Waals surface area contributed by atoms with Crippen LogP contribution in [0.1, 0.15) is 78.1 Å². The quantitative estimate of drug-likeness (QED) is 0.150. The van der Waals surface area contributed by atoms with Crippen LogP contribution in [-0.2, 0) is 33.3 Å². The molecule has 2 saturated heterocycles. The first-order valence-electron chi connectivity index (χ1n) is 16.8. The number of halogens is 3. The van der Waals surface area contributed by atoms with Crippen molar-refractivity contribution < 1.29 is 77.1 Å². The van der Waals surface area contributed by atoms with Gasteiger partial charge in [0.15, 0.2) is 24.8 Å². The average Bonchev–Trinajstić information content (AvgIpc) is 3.03. The molecule has 0 spiro atoms. The molecule has 2 heterocycles. The second-order valence-corrected chi connectivity index (χ2v) is 13.4. The van der Waals surface area contributed by atoms with Crippen LogP contribution in [0.3, 0.4) is 0 Å². The van der Waals surface area contributed by atoms with E-state index in [0.29, 0.717) is 19.3 Å². The molecular weight excluding hydrogens is 651 g/mol. The van der Waals surface area contributed by atoms with Crippen molar-refractivity contribution in [3.63, 3.8) is 0 Å². The predicted molar refractivity (Wildman–Crippen MR) is 157 cm³/mol. The molecule has 1 amide bonds. The van der Waals surface area contributed by atoms with Gasteiger partial charge in [-0.05, 0) is 31.1 Å². The number of amides is 1. The van der Waals surface area contributed by atoms with Gasteiger partial charge in [-0.3, -0.25) is 4.79 Å². The van der Waals surface area contributed by atoms with Gasteiger partial charge in [0.2, 0.25) is 5.91 Å². The third kappa shape index (κ3) is 9.35. The van der Waals surface area contributed by atoms with E-state index in [-0.39, 0.29) is 24.7 Å². The fourth-order valence-corrected chi connectivity index (χ4v) is 7.42. The van der Waals surface area contributed by atoms with Crippen LogP contribution in [0, 0.1) is 11.8 Å². The zero-order valence-corrected chi connectivity index (χ0v) is 27.1. The van der Waals surface area contributed by atoms with Gasteiger partial charge in [-0.15, -0.1) is 0 Å². The highest BCUT2D eigenvalue weighted by Crippen LogP contribution is 2.39. The predicted octanol–water partition coefficient (Wildman–Crippen LogP) is 0.728. The Labute approximate surface area is 276 Å². The Bertz CT molecular complexity index is 1050. The molecule has 0 bridgehead atoms. The summed E-state index contributed by atoms with van der Waals surface area (Å²) in [4.78, 5) is 24.7. The second kappa shape index (κ2) is 17.0. The zero-order valence-electron chi connectivity index (χ0n) is 27.1. The molecule has 4 fully saturated rings. The van der Waals surface area contributed by atoms with Crippen molar-refractivity contribution in [1.82, 2.24) is 5.32 Å². The molecule has 48 heavy (non-hydrogen) atoms. The lowest BCUT2D eigenvalue weighted by Gasteiger charge is -2.48. The molecule has 0 aromatic rings. The monoisotopic (exact) mass is 701 g/mol. The summed E-state index contributed by atoms with van der Waals surface area (Å²) >= 11 is 0. The molecule has 14 nitrogen and oxygen atoms in total. The number of aliphatic carboxylic acids is 1. The highest BCUT2D eigenvalue weighted by molar-refractivity contribution is 5.73. The minimum atomic E-state index is -5.09. The summed E-state index contributed by atoms with van der Waals surface area (Å²) in [5.74, 6) is -2.11. The van der Waals surface area contributed by atoms with Crippen LogP contribution in [-0.4, -0.2) is 135 Å². The van der Waals surface area contributed by atoms with Crippen LogP contribution >= 0.6 is 0 Å². The Kier molecular flexibility index (Phi) is 13.9. The van der Waals surface area contributed by atoms with Gasteiger partial charge >= 0.3 is 12.1 Å². The van der Waals surface area contributed by atoms with Crippen molar-refractivity contribution in [2.75, 3.05) is 6.61 Å². The normalized spacial score (nSPS) is 40.7. The van der Waals surface area contributed by atoms with E-state index in [1.165, 1.54) is 6.92 Å². The summed E-state index contributed by atoms with van der Waals surface area (Å²) in [7, 11) is 0. The van der Waals surface area contributed by atoms with Crippen LogP contribution in [0.2, 0.25) is 0 Å². The minimum absolute atomic E-state index is 0.0804. The van der Waals surface area contributed by atoms with Crippen LogP contribution < -0.4 is 5.32 Å². The number of carbonyl (C=O) groups is 2. The van der Waals surface area contributed by atoms with E-state index >= 15 is 0 Å². The van der Waals surface area contributed by atoms with E-state index < -0.39 is 104 Å². The van der Waals surface area contributed by atoms with E-state index in [0.717, 1.165) is 32.1 Å². The molecule has 3 unspecified atom stereocenters. The van der Waals surface area contributed by atoms with Gasteiger partial charge < -0.3 is 59.6 Å². The van der Waals surface area contributed by atoms with Crippen molar-refractivity contribution in [3.05, 3.63) is 0 Å². The number of carbonyl (C=O) groups excluding carboxylic acids is 1. The summed E-state index contributed by atoms with van der Waals surface area (Å²) in [6.45, 7) is 2.28. The van der Waals surface area contributed by atoms with E-state index in [4.69, 9.17) is 23.7 Å².